The first-order valence-electron chi connectivity index (χ1n) is 27.3. The van der Waals surface area contributed by atoms with Crippen LogP contribution in [-0.2, 0) is 74.8 Å². The van der Waals surface area contributed by atoms with Crippen LogP contribution in [0.4, 0.5) is 5.95 Å². The number of carbonyl (C=O) groups excluding carboxylic acids is 3. The van der Waals surface area contributed by atoms with E-state index in [0.717, 1.165) is 16.5 Å². The van der Waals surface area contributed by atoms with Gasteiger partial charge in [-0.25, -0.2) is 14.1 Å². The largest absolute Gasteiger partial charge is 0.491 e. The second-order valence-corrected chi connectivity index (χ2v) is 22.0. The molecule has 4 aromatic rings. The summed E-state index contributed by atoms with van der Waals surface area (Å²) in [6.45, 7) is 3.48. The van der Waals surface area contributed by atoms with E-state index in [0.29, 0.717) is 57.0 Å². The first-order valence-corrected chi connectivity index (χ1v) is 30.3. The molecule has 39 heteroatoms. The van der Waals surface area contributed by atoms with Gasteiger partial charge in [-0.15, -0.1) is 26.8 Å². The number of hydrogen-bond acceptors (Lipinski definition) is 30. The van der Waals surface area contributed by atoms with E-state index in [4.69, 9.17) is 63.8 Å². The Kier molecular flexibility index (Phi) is 28.9. The molecule has 0 radical (unpaired) electrons. The number of rotatable bonds is 40. The molecule has 488 valence electrons. The number of amides is 3. The highest BCUT2D eigenvalue weighted by Crippen LogP contribution is 2.61. The van der Waals surface area contributed by atoms with Crippen molar-refractivity contribution < 1.29 is 115 Å². The summed E-state index contributed by atoms with van der Waals surface area (Å²) < 4.78 is 90.0. The highest BCUT2D eigenvalue weighted by Gasteiger charge is 2.50. The lowest BCUT2D eigenvalue weighted by Crippen LogP contribution is -2.60. The van der Waals surface area contributed by atoms with Gasteiger partial charge in [0.25, 0.3) is 5.56 Å². The SMILES string of the molecule is C#CCOCCOCCN(CCNC(=O)CCC(=O)NCC1O[C@H](OP(=O)(O)OP(=O)(O)OC[C@H]2O[C@@H](n3cnc4c(=O)[nH]c(N)nc43)C(O)[C@H]2O)C(O)[C@@H](O)[C@@H]1O)C(=O)CCOCCOCCOCCOCCOc1ccc(-c2nnc(C)nn2)cc1. The molecule has 1 aromatic carbocycles. The minimum absolute atomic E-state index is 0.00107. The van der Waals surface area contributed by atoms with Crippen molar-refractivity contribution in [2.75, 3.05) is 124 Å². The summed E-state index contributed by atoms with van der Waals surface area (Å²) in [4.78, 5) is 83.1. The standard InChI is InChI=1S/C49H72N12O25P2/c1-3-14-75-17-19-77-16-13-60(37(64)10-15-76-18-20-78-21-22-79-23-24-80-25-26-81-32-6-4-31(5-7-32)44-58-56-30(2)57-59-44)12-11-51-35(62)8-9-36(63)52-27-33-39(65)41(67)43(69)48(84-33)85-88(73,74)86-87(71,72)82-28-34-40(66)42(68)47(83-34)61-29-53-38-45(61)54-49(50)55-46(38)70/h1,4-7,29,33-34,39-43,47-48,65-69H,8-28H2,2H3,(H,51,62)(H,52,63)(H,71,72)(H,73,74)(H3,50,54,55,70)/t33?,34-,39-,40+,41+,42?,43?,47-,48-/m1/s1. The van der Waals surface area contributed by atoms with Crippen molar-refractivity contribution in [1.82, 2.24) is 55.4 Å². The van der Waals surface area contributed by atoms with Crippen molar-refractivity contribution in [3.05, 3.63) is 46.8 Å². The number of H-pyrrole nitrogens is 1. The normalized spacial score (nSPS) is 22.4. The Morgan fingerprint density at radius 1 is 0.739 bits per heavy atom. The number of hydrogen-bond donors (Lipinski definition) is 11. The zero-order valence-corrected chi connectivity index (χ0v) is 49.3. The molecule has 0 aliphatic carbocycles. The van der Waals surface area contributed by atoms with Crippen LogP contribution in [0, 0.1) is 19.3 Å². The number of ether oxygens (including phenoxy) is 9. The molecule has 5 unspecified atom stereocenters. The van der Waals surface area contributed by atoms with E-state index >= 15 is 0 Å². The van der Waals surface area contributed by atoms with Crippen LogP contribution in [0.3, 0.4) is 0 Å². The molecule has 88 heavy (non-hydrogen) atoms. The van der Waals surface area contributed by atoms with Crippen molar-refractivity contribution in [3.63, 3.8) is 0 Å². The lowest BCUT2D eigenvalue weighted by molar-refractivity contribution is -0.273. The molecule has 0 saturated carbocycles. The number of nitrogens with one attached hydrogen (secondary N) is 3. The third-order valence-electron chi connectivity index (χ3n) is 12.5. The Hall–Kier alpha value is -6.18. The zero-order valence-electron chi connectivity index (χ0n) is 47.5. The van der Waals surface area contributed by atoms with Crippen LogP contribution >= 0.6 is 15.6 Å². The van der Waals surface area contributed by atoms with Gasteiger partial charge in [-0.2, -0.15) is 9.29 Å². The highest BCUT2D eigenvalue weighted by atomic mass is 31.3. The van der Waals surface area contributed by atoms with Gasteiger partial charge in [-0.05, 0) is 31.2 Å². The Bertz CT molecular complexity index is 3020. The predicted octanol–water partition coefficient (Wildman–Crippen LogP) is -4.02. The molecule has 2 saturated heterocycles. The fourth-order valence-electron chi connectivity index (χ4n) is 8.10. The smallest absolute Gasteiger partial charge is 0.483 e. The summed E-state index contributed by atoms with van der Waals surface area (Å²) in [5, 5.41) is 73.6. The van der Waals surface area contributed by atoms with Crippen LogP contribution in [0.2, 0.25) is 0 Å². The minimum Gasteiger partial charge on any atom is -0.491 e. The van der Waals surface area contributed by atoms with E-state index in [1.54, 1.807) is 19.1 Å². The Morgan fingerprint density at radius 3 is 2.00 bits per heavy atom. The maximum atomic E-state index is 13.2. The summed E-state index contributed by atoms with van der Waals surface area (Å²) in [5.74, 6) is 1.94. The number of nitrogens with two attached hydrogens (primary N) is 1. The third kappa shape index (κ3) is 23.0. The van der Waals surface area contributed by atoms with Gasteiger partial charge in [0.05, 0.1) is 92.0 Å². The number of aliphatic hydroxyl groups is 5. The number of aromatic amines is 1. The number of phosphoric acid groups is 2. The number of nitrogen functional groups attached to an aromatic ring is 1. The average molecular weight is 1290 g/mol. The molecule has 3 amide bonds. The number of fused-ring (bicyclic) bond motifs is 1. The molecule has 5 heterocycles. The predicted molar refractivity (Wildman–Crippen MR) is 296 cm³/mol. The van der Waals surface area contributed by atoms with Gasteiger partial charge in [0, 0.05) is 44.6 Å². The maximum Gasteiger partial charge on any atom is 0.483 e. The number of imidazole rings is 1. The molecular weight excluding hydrogens is 1220 g/mol. The van der Waals surface area contributed by atoms with E-state index in [1.807, 2.05) is 12.1 Å². The molecule has 2 aliphatic heterocycles. The number of phosphoric ester groups is 2. The summed E-state index contributed by atoms with van der Waals surface area (Å²) >= 11 is 0. The Morgan fingerprint density at radius 2 is 1.34 bits per heavy atom. The number of carbonyl (C=O) groups is 3. The number of aliphatic hydroxyl groups excluding tert-OH is 5. The van der Waals surface area contributed by atoms with Crippen LogP contribution in [0.5, 0.6) is 5.75 Å². The molecule has 2 aliphatic rings. The van der Waals surface area contributed by atoms with Crippen LogP contribution in [-0.4, -0.2) is 266 Å². The van der Waals surface area contributed by atoms with Crippen LogP contribution in [0.1, 0.15) is 31.3 Å². The first-order chi connectivity index (χ1) is 42.1. The van der Waals surface area contributed by atoms with E-state index < -0.39 is 108 Å². The number of aromatic nitrogens is 8. The zero-order chi connectivity index (χ0) is 63.6. The molecular formula is C49H72N12O25P2. The fourth-order valence-corrected chi connectivity index (χ4v) is 10.3. The minimum atomic E-state index is -5.81. The Labute approximate surface area is 501 Å². The summed E-state index contributed by atoms with van der Waals surface area (Å²) in [6, 6.07) is 7.21. The quantitative estimate of drug-likeness (QED) is 0.0115. The molecule has 37 nitrogen and oxygen atoms in total. The van der Waals surface area contributed by atoms with Gasteiger partial charge in [0.2, 0.25) is 29.5 Å². The van der Waals surface area contributed by atoms with Crippen LogP contribution < -0.4 is 26.7 Å². The van der Waals surface area contributed by atoms with Crippen molar-refractivity contribution in [3.8, 4) is 29.5 Å². The molecule has 6 rings (SSSR count). The maximum absolute atomic E-state index is 13.2. The topological polar surface area (TPSA) is 506 Å². The van der Waals surface area contributed by atoms with E-state index in [9.17, 15) is 63.6 Å². The fraction of sp³-hybridized carbons (Fsp3) is 0.633. The second-order valence-electron chi connectivity index (χ2n) is 19.0. The average Bonchev–Trinajstić information content (AvgIpc) is 3.48. The van der Waals surface area contributed by atoms with Gasteiger partial charge in [0.1, 0.15) is 61.7 Å². The van der Waals surface area contributed by atoms with Crippen molar-refractivity contribution in [2.45, 2.75) is 81.4 Å². The lowest BCUT2D eigenvalue weighted by atomic mass is 9.99. The van der Waals surface area contributed by atoms with E-state index in [-0.39, 0.29) is 102 Å². The van der Waals surface area contributed by atoms with Crippen LogP contribution in [0.15, 0.2) is 35.4 Å². The van der Waals surface area contributed by atoms with Crippen molar-refractivity contribution in [2.24, 2.45) is 0 Å². The lowest BCUT2D eigenvalue weighted by Gasteiger charge is -2.40. The first kappa shape index (κ1) is 70.9. The number of anilines is 1. The third-order valence-corrected chi connectivity index (χ3v) is 15.1. The summed E-state index contributed by atoms with van der Waals surface area (Å²) in [5.41, 5.74) is 5.27. The molecule has 11 atom stereocenters. The number of aryl methyl sites for hydroxylation is 1. The van der Waals surface area contributed by atoms with Gasteiger partial charge in [0.15, 0.2) is 29.5 Å². The van der Waals surface area contributed by atoms with Gasteiger partial charge in [-0.1, -0.05) is 5.92 Å². The summed E-state index contributed by atoms with van der Waals surface area (Å²) in [6.07, 6.45) is -11.6. The number of terminal acetylenes is 1. The molecule has 12 N–H and O–H groups in total. The monoisotopic (exact) mass is 1290 g/mol. The number of nitrogens with zero attached hydrogens (tertiary/aromatic N) is 8. The molecule has 2 fully saturated rings. The summed E-state index contributed by atoms with van der Waals surface area (Å²) in [7, 11) is -11.5. The van der Waals surface area contributed by atoms with Crippen LogP contribution in [0.25, 0.3) is 22.6 Å². The van der Waals surface area contributed by atoms with Gasteiger partial charge >= 0.3 is 15.6 Å². The van der Waals surface area contributed by atoms with E-state index in [1.165, 1.54) is 4.90 Å². The second kappa shape index (κ2) is 35.9. The Balaban J connectivity index is 0.823. The highest BCUT2D eigenvalue weighted by molar-refractivity contribution is 7.61. The molecule has 0 bridgehead atoms. The van der Waals surface area contributed by atoms with Gasteiger partial charge < -0.3 is 99.2 Å². The number of benzene rings is 1. The van der Waals surface area contributed by atoms with Gasteiger partial charge in [-0.3, -0.25) is 37.8 Å². The van der Waals surface area contributed by atoms with Crippen molar-refractivity contribution >= 4 is 50.5 Å². The van der Waals surface area contributed by atoms with E-state index in [2.05, 4.69) is 56.2 Å². The molecule has 0 spiro atoms. The molecule has 3 aromatic heterocycles. The van der Waals surface area contributed by atoms with Crippen molar-refractivity contribution in [1.29, 1.82) is 0 Å².